The molecule has 0 saturated carbocycles. The maximum Gasteiger partial charge on any atom is 0.573 e. The van der Waals surface area contributed by atoms with Gasteiger partial charge in [-0.15, -0.1) is 24.5 Å². The van der Waals surface area contributed by atoms with Crippen LogP contribution in [0.1, 0.15) is 0 Å². The number of hydrogen-bond acceptors (Lipinski definition) is 3. The van der Waals surface area contributed by atoms with Crippen LogP contribution in [-0.2, 0) is 0 Å². The molecule has 0 aliphatic rings. The lowest BCUT2D eigenvalue weighted by Gasteiger charge is -2.10. The Morgan fingerprint density at radius 3 is 2.56 bits per heavy atom. The van der Waals surface area contributed by atoms with Crippen molar-refractivity contribution in [2.45, 2.75) is 6.36 Å². The molecule has 2 nitrogen and oxygen atoms in total. The largest absolute Gasteiger partial charge is 0.573 e. The highest BCUT2D eigenvalue weighted by Crippen LogP contribution is 2.34. The monoisotopic (exact) mass is 357 g/mol. The molecule has 0 fully saturated rings. The Balaban J connectivity index is 2.30. The number of alkyl halides is 3. The highest BCUT2D eigenvalue weighted by Gasteiger charge is 2.32. The van der Waals surface area contributed by atoms with E-state index in [2.05, 4.69) is 25.7 Å². The van der Waals surface area contributed by atoms with Crippen molar-refractivity contribution < 1.29 is 17.9 Å². The van der Waals surface area contributed by atoms with Gasteiger partial charge in [0, 0.05) is 10.9 Å². The summed E-state index contributed by atoms with van der Waals surface area (Å²) in [5.74, 6) is -0.429. The van der Waals surface area contributed by atoms with Crippen molar-refractivity contribution in [3.63, 3.8) is 0 Å². The number of rotatable bonds is 2. The fourth-order valence-corrected chi connectivity index (χ4v) is 2.49. The first kappa shape index (κ1) is 13.6. The van der Waals surface area contributed by atoms with E-state index in [1.54, 1.807) is 5.38 Å². The highest BCUT2D eigenvalue weighted by atomic mass is 79.9. The van der Waals surface area contributed by atoms with Gasteiger partial charge in [-0.05, 0) is 34.1 Å². The van der Waals surface area contributed by atoms with E-state index in [9.17, 15) is 13.2 Å². The lowest BCUT2D eigenvalue weighted by molar-refractivity contribution is -0.274. The molecular weight excluding hydrogens is 355 g/mol. The highest BCUT2D eigenvalue weighted by molar-refractivity contribution is 9.11. The normalized spacial score (nSPS) is 11.6. The predicted molar refractivity (Wildman–Crippen MR) is 66.9 cm³/mol. The molecule has 0 N–H and O–H groups in total. The molecule has 8 heteroatoms. The SMILES string of the molecule is FC(F)(F)Oc1ccc(-c2csc(Br)n2)cc1Cl. The summed E-state index contributed by atoms with van der Waals surface area (Å²) in [6, 6.07) is 4.01. The van der Waals surface area contributed by atoms with E-state index in [0.717, 1.165) is 0 Å². The third-order valence-corrected chi connectivity index (χ3v) is 3.59. The van der Waals surface area contributed by atoms with Crippen molar-refractivity contribution in [1.82, 2.24) is 4.98 Å². The molecule has 96 valence electrons. The first-order valence-corrected chi connectivity index (χ1v) is 6.57. The Morgan fingerprint density at radius 1 is 1.33 bits per heavy atom. The van der Waals surface area contributed by atoms with Crippen molar-refractivity contribution in [1.29, 1.82) is 0 Å². The van der Waals surface area contributed by atoms with Gasteiger partial charge in [-0.2, -0.15) is 0 Å². The summed E-state index contributed by atoms with van der Waals surface area (Å²) >= 11 is 10.3. The first-order chi connectivity index (χ1) is 8.35. The zero-order chi connectivity index (χ0) is 13.3. The van der Waals surface area contributed by atoms with Crippen LogP contribution in [0.2, 0.25) is 5.02 Å². The second kappa shape index (κ2) is 5.07. The van der Waals surface area contributed by atoms with Crippen LogP contribution in [0, 0.1) is 0 Å². The van der Waals surface area contributed by atoms with Crippen LogP contribution in [0.15, 0.2) is 27.5 Å². The van der Waals surface area contributed by atoms with Crippen LogP contribution in [0.25, 0.3) is 11.3 Å². The number of nitrogens with zero attached hydrogens (tertiary/aromatic N) is 1. The minimum absolute atomic E-state index is 0.117. The Morgan fingerprint density at radius 2 is 2.06 bits per heavy atom. The van der Waals surface area contributed by atoms with Gasteiger partial charge < -0.3 is 4.74 Å². The second-order valence-corrected chi connectivity index (χ2v) is 5.72. The standard InChI is InChI=1S/C10H4BrClF3NOS/c11-9-16-7(4-18-9)5-1-2-8(6(12)3-5)17-10(13,14)15/h1-4H. The molecule has 0 aliphatic heterocycles. The van der Waals surface area contributed by atoms with Gasteiger partial charge in [0.2, 0.25) is 0 Å². The average molecular weight is 359 g/mol. The van der Waals surface area contributed by atoms with Crippen LogP contribution < -0.4 is 4.74 Å². The van der Waals surface area contributed by atoms with E-state index in [4.69, 9.17) is 11.6 Å². The lowest BCUT2D eigenvalue weighted by atomic mass is 10.2. The quantitative estimate of drug-likeness (QED) is 0.743. The number of hydrogen-bond donors (Lipinski definition) is 0. The smallest absolute Gasteiger partial charge is 0.404 e. The third-order valence-electron chi connectivity index (χ3n) is 1.93. The van der Waals surface area contributed by atoms with Crippen molar-refractivity contribution in [3.8, 4) is 17.0 Å². The zero-order valence-electron chi connectivity index (χ0n) is 8.46. The second-order valence-electron chi connectivity index (χ2n) is 3.18. The maximum absolute atomic E-state index is 12.1. The molecule has 0 bridgehead atoms. The molecule has 0 spiro atoms. The van der Waals surface area contributed by atoms with E-state index in [1.807, 2.05) is 0 Å². The fourth-order valence-electron chi connectivity index (χ4n) is 1.25. The Hall–Kier alpha value is -0.790. The van der Waals surface area contributed by atoms with Crippen molar-refractivity contribution in [2.75, 3.05) is 0 Å². The van der Waals surface area contributed by atoms with E-state index < -0.39 is 12.1 Å². The fraction of sp³-hybridized carbons (Fsp3) is 0.100. The third kappa shape index (κ3) is 3.37. The molecule has 0 atom stereocenters. The van der Waals surface area contributed by atoms with E-state index in [-0.39, 0.29) is 5.02 Å². The topological polar surface area (TPSA) is 22.1 Å². The average Bonchev–Trinajstić information content (AvgIpc) is 2.66. The minimum Gasteiger partial charge on any atom is -0.404 e. The Labute approximate surface area is 117 Å². The van der Waals surface area contributed by atoms with Gasteiger partial charge in [0.05, 0.1) is 10.7 Å². The molecule has 0 amide bonds. The van der Waals surface area contributed by atoms with Gasteiger partial charge in [0.15, 0.2) is 3.92 Å². The van der Waals surface area contributed by atoms with Crippen LogP contribution in [0.4, 0.5) is 13.2 Å². The molecule has 1 aromatic heterocycles. The molecule has 18 heavy (non-hydrogen) atoms. The van der Waals surface area contributed by atoms with Crippen molar-refractivity contribution in [2.24, 2.45) is 0 Å². The molecule has 0 aliphatic carbocycles. The molecule has 1 heterocycles. The molecule has 2 rings (SSSR count). The van der Waals surface area contributed by atoms with Crippen LogP contribution in [0.5, 0.6) is 5.75 Å². The number of benzene rings is 1. The van der Waals surface area contributed by atoms with Crippen LogP contribution in [0.3, 0.4) is 0 Å². The maximum atomic E-state index is 12.1. The van der Waals surface area contributed by atoms with Gasteiger partial charge in [-0.3, -0.25) is 0 Å². The van der Waals surface area contributed by atoms with Crippen molar-refractivity contribution in [3.05, 3.63) is 32.5 Å². The lowest BCUT2D eigenvalue weighted by Crippen LogP contribution is -2.17. The summed E-state index contributed by atoms with van der Waals surface area (Å²) in [6.07, 6.45) is -4.76. The molecule has 0 radical (unpaired) electrons. The molecule has 1 aromatic carbocycles. The molecule has 0 saturated heterocycles. The van der Waals surface area contributed by atoms with Crippen LogP contribution >= 0.6 is 38.9 Å². The first-order valence-electron chi connectivity index (χ1n) is 4.52. The van der Waals surface area contributed by atoms with Crippen LogP contribution in [-0.4, -0.2) is 11.3 Å². The van der Waals surface area contributed by atoms with Crippen molar-refractivity contribution >= 4 is 38.9 Å². The van der Waals surface area contributed by atoms with E-state index in [0.29, 0.717) is 15.2 Å². The Kier molecular flexibility index (Phi) is 3.84. The number of ether oxygens (including phenoxy) is 1. The molecular formula is C10H4BrClF3NOS. The molecule has 0 unspecified atom stereocenters. The van der Waals surface area contributed by atoms with Gasteiger partial charge in [0.25, 0.3) is 0 Å². The Bertz CT molecular complexity index is 572. The summed E-state index contributed by atoms with van der Waals surface area (Å²) in [6.45, 7) is 0. The van der Waals surface area contributed by atoms with E-state index in [1.165, 1.54) is 29.5 Å². The van der Waals surface area contributed by atoms with Gasteiger partial charge >= 0.3 is 6.36 Å². The summed E-state index contributed by atoms with van der Waals surface area (Å²) in [5, 5.41) is 1.65. The summed E-state index contributed by atoms with van der Waals surface area (Å²) in [7, 11) is 0. The number of thiazole rings is 1. The van der Waals surface area contributed by atoms with Gasteiger partial charge in [-0.25, -0.2) is 4.98 Å². The summed E-state index contributed by atoms with van der Waals surface area (Å²) < 4.78 is 40.6. The minimum atomic E-state index is -4.76. The molecule has 2 aromatic rings. The number of aromatic nitrogens is 1. The van der Waals surface area contributed by atoms with Gasteiger partial charge in [0.1, 0.15) is 5.75 Å². The van der Waals surface area contributed by atoms with E-state index >= 15 is 0 Å². The summed E-state index contributed by atoms with van der Waals surface area (Å²) in [5.41, 5.74) is 1.25. The predicted octanol–water partition coefficient (Wildman–Crippen LogP) is 5.12. The van der Waals surface area contributed by atoms with Gasteiger partial charge in [-0.1, -0.05) is 11.6 Å². The number of halogens is 5. The summed E-state index contributed by atoms with van der Waals surface area (Å²) in [4.78, 5) is 4.14. The zero-order valence-corrected chi connectivity index (χ0v) is 11.6.